The summed E-state index contributed by atoms with van der Waals surface area (Å²) in [5.74, 6) is 1.38. The second-order valence-corrected chi connectivity index (χ2v) is 8.16. The molecule has 1 saturated heterocycles. The lowest BCUT2D eigenvalue weighted by atomic mass is 10.1. The zero-order valence-electron chi connectivity index (χ0n) is 15.7. The summed E-state index contributed by atoms with van der Waals surface area (Å²) in [6, 6.07) is 10.7. The van der Waals surface area contributed by atoms with E-state index in [1.165, 1.54) is 5.56 Å². The third kappa shape index (κ3) is 3.46. The van der Waals surface area contributed by atoms with Crippen LogP contribution in [0, 0.1) is 0 Å². The lowest BCUT2D eigenvalue weighted by Crippen LogP contribution is -2.46. The molecule has 28 heavy (non-hydrogen) atoms. The van der Waals surface area contributed by atoms with Gasteiger partial charge in [0.15, 0.2) is 0 Å². The van der Waals surface area contributed by atoms with Crippen molar-refractivity contribution in [1.29, 1.82) is 0 Å². The third-order valence-electron chi connectivity index (χ3n) is 5.41. The number of aromatic amines is 1. The van der Waals surface area contributed by atoms with Crippen LogP contribution in [0.1, 0.15) is 24.4 Å². The first-order valence-electron chi connectivity index (χ1n) is 9.52. The highest BCUT2D eigenvalue weighted by Gasteiger charge is 2.26. The first-order chi connectivity index (χ1) is 13.8. The molecular weight excluding hydrogens is 372 g/mol. The molecule has 1 N–H and O–H groups in total. The second-order valence-electron chi connectivity index (χ2n) is 7.21. The molecule has 5 rings (SSSR count). The van der Waals surface area contributed by atoms with Crippen molar-refractivity contribution in [1.82, 2.24) is 30.1 Å². The molecule has 0 bridgehead atoms. The summed E-state index contributed by atoms with van der Waals surface area (Å²) in [7, 11) is 0. The summed E-state index contributed by atoms with van der Waals surface area (Å²) in [6.07, 6.45) is 1.86. The van der Waals surface area contributed by atoms with Crippen LogP contribution in [0.15, 0.2) is 46.4 Å². The number of rotatable bonds is 5. The summed E-state index contributed by atoms with van der Waals surface area (Å²) in [6.45, 7) is 7.14. The minimum atomic E-state index is 0.129. The van der Waals surface area contributed by atoms with Crippen molar-refractivity contribution >= 4 is 22.2 Å². The van der Waals surface area contributed by atoms with Crippen LogP contribution in [0.5, 0.6) is 0 Å². The number of benzene rings is 1. The number of hydrogen-bond donors (Lipinski definition) is 1. The molecule has 7 nitrogen and oxygen atoms in total. The van der Waals surface area contributed by atoms with E-state index in [-0.39, 0.29) is 6.04 Å². The average molecular weight is 395 g/mol. The monoisotopic (exact) mass is 394 g/mol. The first-order valence-corrected chi connectivity index (χ1v) is 10.4. The van der Waals surface area contributed by atoms with Crippen molar-refractivity contribution in [3.8, 4) is 10.7 Å². The van der Waals surface area contributed by atoms with Gasteiger partial charge in [-0.1, -0.05) is 23.4 Å². The van der Waals surface area contributed by atoms with E-state index in [9.17, 15) is 0 Å². The van der Waals surface area contributed by atoms with E-state index in [1.807, 2.05) is 23.7 Å². The van der Waals surface area contributed by atoms with E-state index >= 15 is 0 Å². The number of nitrogens with one attached hydrogen (secondary N) is 1. The van der Waals surface area contributed by atoms with Gasteiger partial charge in [-0.2, -0.15) is 10.1 Å². The maximum Gasteiger partial charge on any atom is 0.244 e. The lowest BCUT2D eigenvalue weighted by molar-refractivity contribution is 0.0845. The van der Waals surface area contributed by atoms with Gasteiger partial charge in [-0.05, 0) is 30.0 Å². The number of piperazine rings is 1. The minimum Gasteiger partial charge on any atom is -0.337 e. The Morgan fingerprint density at radius 3 is 2.93 bits per heavy atom. The Kier molecular flexibility index (Phi) is 4.67. The maximum atomic E-state index is 5.54. The van der Waals surface area contributed by atoms with Gasteiger partial charge in [-0.15, -0.1) is 11.3 Å². The average Bonchev–Trinajstić information content (AvgIpc) is 3.48. The molecule has 1 aliphatic rings. The van der Waals surface area contributed by atoms with Crippen LogP contribution in [0.4, 0.5) is 0 Å². The highest BCUT2D eigenvalue weighted by molar-refractivity contribution is 7.13. The molecule has 0 saturated carbocycles. The third-order valence-corrected chi connectivity index (χ3v) is 6.27. The largest absolute Gasteiger partial charge is 0.337 e. The summed E-state index contributed by atoms with van der Waals surface area (Å²) in [5.41, 5.74) is 2.42. The highest BCUT2D eigenvalue weighted by Crippen LogP contribution is 2.26. The molecule has 1 fully saturated rings. The minimum absolute atomic E-state index is 0.129. The molecule has 0 unspecified atom stereocenters. The molecule has 8 heteroatoms. The van der Waals surface area contributed by atoms with Crippen LogP contribution in [-0.2, 0) is 6.54 Å². The number of thiophene rings is 1. The second kappa shape index (κ2) is 7.46. The Morgan fingerprint density at radius 2 is 2.11 bits per heavy atom. The molecule has 1 atom stereocenters. The van der Waals surface area contributed by atoms with Gasteiger partial charge in [0.2, 0.25) is 11.7 Å². The molecule has 1 aromatic carbocycles. The molecule has 1 aliphatic heterocycles. The number of aromatic nitrogens is 4. The van der Waals surface area contributed by atoms with Crippen molar-refractivity contribution in [3.05, 3.63) is 53.4 Å². The quantitative estimate of drug-likeness (QED) is 0.558. The van der Waals surface area contributed by atoms with E-state index in [0.29, 0.717) is 11.7 Å². The van der Waals surface area contributed by atoms with Crippen LogP contribution in [-0.4, -0.2) is 56.3 Å². The zero-order chi connectivity index (χ0) is 18.9. The lowest BCUT2D eigenvalue weighted by Gasteiger charge is -2.36. The van der Waals surface area contributed by atoms with E-state index in [2.05, 4.69) is 55.3 Å². The van der Waals surface area contributed by atoms with Crippen LogP contribution in [0.25, 0.3) is 21.6 Å². The molecule has 144 valence electrons. The van der Waals surface area contributed by atoms with Crippen molar-refractivity contribution in [3.63, 3.8) is 0 Å². The smallest absolute Gasteiger partial charge is 0.244 e. The number of hydrogen-bond acceptors (Lipinski definition) is 7. The Labute approximate surface area is 167 Å². The van der Waals surface area contributed by atoms with Crippen LogP contribution in [0.3, 0.4) is 0 Å². The van der Waals surface area contributed by atoms with Gasteiger partial charge in [0.05, 0.1) is 22.6 Å². The van der Waals surface area contributed by atoms with Gasteiger partial charge in [0.1, 0.15) is 0 Å². The number of H-pyrrole nitrogens is 1. The molecule has 0 spiro atoms. The number of fused-ring (bicyclic) bond motifs is 1. The van der Waals surface area contributed by atoms with E-state index in [0.717, 1.165) is 48.5 Å². The van der Waals surface area contributed by atoms with Gasteiger partial charge in [0.25, 0.3) is 0 Å². The number of nitrogens with zero attached hydrogens (tertiary/aromatic N) is 5. The van der Waals surface area contributed by atoms with Gasteiger partial charge in [-0.25, -0.2) is 0 Å². The normalized spacial score (nSPS) is 17.3. The Balaban J connectivity index is 1.19. The molecule has 0 amide bonds. The molecule has 3 aromatic heterocycles. The Bertz CT molecular complexity index is 1050. The fraction of sp³-hybridized carbons (Fsp3) is 0.350. The fourth-order valence-electron chi connectivity index (χ4n) is 3.72. The van der Waals surface area contributed by atoms with Crippen molar-refractivity contribution in [2.75, 3.05) is 26.2 Å². The van der Waals surface area contributed by atoms with Crippen LogP contribution < -0.4 is 0 Å². The first kappa shape index (κ1) is 17.5. The van der Waals surface area contributed by atoms with Crippen molar-refractivity contribution in [2.45, 2.75) is 19.5 Å². The highest BCUT2D eigenvalue weighted by atomic mass is 32.1. The summed E-state index contributed by atoms with van der Waals surface area (Å²) >= 11 is 1.63. The van der Waals surface area contributed by atoms with Gasteiger partial charge >= 0.3 is 0 Å². The fourth-order valence-corrected chi connectivity index (χ4v) is 4.37. The van der Waals surface area contributed by atoms with Crippen LogP contribution in [0.2, 0.25) is 0 Å². The SMILES string of the molecule is C[C@@H](c1nc(-c2cccs2)no1)N1CCN(Cc2ccc3cn[nH]c3c2)CC1. The molecular formula is C20H22N6OS. The van der Waals surface area contributed by atoms with E-state index in [1.54, 1.807) is 11.3 Å². The standard InChI is InChI=1S/C20H22N6OS/c1-14(20-22-19(24-27-20)18-3-2-10-28-18)26-8-6-25(7-9-26)13-15-4-5-16-12-21-23-17(16)11-15/h2-5,10-12,14H,6-9,13H2,1H3,(H,21,23)/t14-/m0/s1. The maximum absolute atomic E-state index is 5.54. The molecule has 4 aromatic rings. The van der Waals surface area contributed by atoms with Crippen LogP contribution >= 0.6 is 11.3 Å². The van der Waals surface area contributed by atoms with Gasteiger partial charge < -0.3 is 4.52 Å². The summed E-state index contributed by atoms with van der Waals surface area (Å²) in [4.78, 5) is 10.6. The molecule has 0 radical (unpaired) electrons. The van der Waals surface area contributed by atoms with Crippen molar-refractivity contribution in [2.24, 2.45) is 0 Å². The van der Waals surface area contributed by atoms with E-state index < -0.39 is 0 Å². The van der Waals surface area contributed by atoms with Gasteiger partial charge in [-0.3, -0.25) is 14.9 Å². The predicted octanol–water partition coefficient (Wildman–Crippen LogP) is 3.55. The van der Waals surface area contributed by atoms with Gasteiger partial charge in [0, 0.05) is 38.1 Å². The Morgan fingerprint density at radius 1 is 1.21 bits per heavy atom. The van der Waals surface area contributed by atoms with Crippen molar-refractivity contribution < 1.29 is 4.52 Å². The molecule has 4 heterocycles. The van der Waals surface area contributed by atoms with E-state index in [4.69, 9.17) is 4.52 Å². The summed E-state index contributed by atoms with van der Waals surface area (Å²) in [5, 5.41) is 14.5. The topological polar surface area (TPSA) is 74.1 Å². The summed E-state index contributed by atoms with van der Waals surface area (Å²) < 4.78 is 5.54. The molecule has 0 aliphatic carbocycles. The predicted molar refractivity (Wildman–Crippen MR) is 109 cm³/mol. The Hall–Kier alpha value is -2.55. The zero-order valence-corrected chi connectivity index (χ0v) is 16.5.